The Morgan fingerprint density at radius 1 is 1.50 bits per heavy atom. The predicted molar refractivity (Wildman–Crippen MR) is 59.8 cm³/mol. The van der Waals surface area contributed by atoms with Gasteiger partial charge in [0.25, 0.3) is 0 Å². The predicted octanol–water partition coefficient (Wildman–Crippen LogP) is 2.68. The molecule has 1 heterocycles. The van der Waals surface area contributed by atoms with Gasteiger partial charge in [-0.2, -0.15) is 0 Å². The second kappa shape index (κ2) is 5.67. The summed E-state index contributed by atoms with van der Waals surface area (Å²) >= 11 is 1.60. The first-order chi connectivity index (χ1) is 8.23. The Morgan fingerprint density at radius 3 is 2.56 bits per heavy atom. The molecule has 4 nitrogen and oxygen atoms in total. The van der Waals surface area contributed by atoms with Crippen LogP contribution in [0.3, 0.4) is 0 Å². The first-order valence-corrected chi connectivity index (χ1v) is 5.52. The van der Waals surface area contributed by atoms with Gasteiger partial charge in [-0.05, 0) is 22.6 Å². The Balaban J connectivity index is 3.14. The summed E-state index contributed by atoms with van der Waals surface area (Å²) in [4.78, 5) is 13.8. The van der Waals surface area contributed by atoms with Crippen LogP contribution in [0.15, 0.2) is 6.07 Å². The van der Waals surface area contributed by atoms with E-state index in [4.69, 9.17) is 5.11 Å². The highest BCUT2D eigenvalue weighted by Gasteiger charge is 2.32. The number of carboxylic acid groups (broad SMARTS) is 1. The molecule has 0 aliphatic heterocycles. The van der Waals surface area contributed by atoms with E-state index in [9.17, 15) is 22.4 Å². The Bertz CT molecular complexity index is 464. The van der Waals surface area contributed by atoms with Gasteiger partial charge in [-0.1, -0.05) is 0 Å². The molecule has 0 radical (unpaired) electrons. The van der Waals surface area contributed by atoms with E-state index in [0.29, 0.717) is 0 Å². The number of rotatable bonds is 4. The number of nitrogens with zero attached hydrogens (tertiary/aromatic N) is 1. The lowest BCUT2D eigenvalue weighted by Crippen LogP contribution is -2.19. The molecule has 0 atom stereocenters. The lowest BCUT2D eigenvalue weighted by Gasteiger charge is -2.12. The van der Waals surface area contributed by atoms with E-state index in [-0.39, 0.29) is 14.8 Å². The molecule has 100 valence electrons. The number of hydrogen-bond donors (Lipinski definition) is 1. The van der Waals surface area contributed by atoms with Crippen molar-refractivity contribution < 1.29 is 32.2 Å². The van der Waals surface area contributed by atoms with Crippen LogP contribution >= 0.6 is 22.6 Å². The molecule has 18 heavy (non-hydrogen) atoms. The van der Waals surface area contributed by atoms with E-state index in [1.807, 2.05) is 0 Å². The molecule has 0 aliphatic carbocycles. The first kappa shape index (κ1) is 14.9. The van der Waals surface area contributed by atoms with Crippen molar-refractivity contribution >= 4 is 28.6 Å². The molecule has 0 aromatic carbocycles. The number of hydrogen-bond acceptors (Lipinski definition) is 3. The van der Waals surface area contributed by atoms with Crippen molar-refractivity contribution in [1.29, 1.82) is 0 Å². The SMILES string of the molecule is O=C(O)Cc1c(I)cc(OC(F)(F)F)nc1CF. The Morgan fingerprint density at radius 2 is 2.11 bits per heavy atom. The molecular formula is C9H6F4INO3. The molecule has 9 heteroatoms. The molecule has 0 saturated heterocycles. The van der Waals surface area contributed by atoms with Gasteiger partial charge >= 0.3 is 12.3 Å². The smallest absolute Gasteiger partial charge is 0.481 e. The van der Waals surface area contributed by atoms with Gasteiger partial charge < -0.3 is 9.84 Å². The van der Waals surface area contributed by atoms with E-state index in [1.165, 1.54) is 0 Å². The Hall–Kier alpha value is -1.13. The van der Waals surface area contributed by atoms with Gasteiger partial charge in [0.05, 0.1) is 12.1 Å². The zero-order valence-electron chi connectivity index (χ0n) is 8.59. The van der Waals surface area contributed by atoms with Gasteiger partial charge in [0.15, 0.2) is 0 Å². The third-order valence-electron chi connectivity index (χ3n) is 1.81. The van der Waals surface area contributed by atoms with Gasteiger partial charge in [-0.3, -0.25) is 4.79 Å². The number of alkyl halides is 4. The molecule has 1 aromatic rings. The van der Waals surface area contributed by atoms with Crippen molar-refractivity contribution in [2.45, 2.75) is 19.5 Å². The van der Waals surface area contributed by atoms with Crippen LogP contribution in [0.2, 0.25) is 0 Å². The Labute approximate surface area is 112 Å². The second-order valence-electron chi connectivity index (χ2n) is 3.12. The highest BCUT2D eigenvalue weighted by Crippen LogP contribution is 2.26. The van der Waals surface area contributed by atoms with Crippen LogP contribution in [0.25, 0.3) is 0 Å². The monoisotopic (exact) mass is 379 g/mol. The van der Waals surface area contributed by atoms with Crippen LogP contribution in [0.1, 0.15) is 11.3 Å². The fraction of sp³-hybridized carbons (Fsp3) is 0.333. The molecular weight excluding hydrogens is 373 g/mol. The molecule has 0 fully saturated rings. The summed E-state index contributed by atoms with van der Waals surface area (Å²) in [7, 11) is 0. The third kappa shape index (κ3) is 4.27. The van der Waals surface area contributed by atoms with Crippen LogP contribution in [-0.2, 0) is 17.9 Å². The van der Waals surface area contributed by atoms with Crippen LogP contribution in [0, 0.1) is 3.57 Å². The van der Waals surface area contributed by atoms with Gasteiger partial charge in [0, 0.05) is 15.2 Å². The standard InChI is InChI=1S/C9H6F4INO3/c10-3-6-4(1-8(16)17)5(14)2-7(15-6)18-9(11,12)13/h2H,1,3H2,(H,16,17). The van der Waals surface area contributed by atoms with E-state index < -0.39 is 31.3 Å². The third-order valence-corrected chi connectivity index (χ3v) is 2.77. The van der Waals surface area contributed by atoms with Crippen LogP contribution in [0.5, 0.6) is 5.88 Å². The van der Waals surface area contributed by atoms with Gasteiger partial charge in [-0.25, -0.2) is 9.37 Å². The number of pyridine rings is 1. The van der Waals surface area contributed by atoms with Crippen molar-refractivity contribution in [3.63, 3.8) is 0 Å². The summed E-state index contributed by atoms with van der Waals surface area (Å²) < 4.78 is 52.2. The zero-order chi connectivity index (χ0) is 13.9. The molecule has 1 aromatic heterocycles. The maximum absolute atomic E-state index is 12.6. The minimum absolute atomic E-state index is 0.0418. The van der Waals surface area contributed by atoms with Crippen molar-refractivity contribution in [2.75, 3.05) is 0 Å². The average Bonchev–Trinajstić information content (AvgIpc) is 2.18. The van der Waals surface area contributed by atoms with Gasteiger partial charge in [-0.15, -0.1) is 13.2 Å². The lowest BCUT2D eigenvalue weighted by atomic mass is 10.1. The van der Waals surface area contributed by atoms with E-state index in [1.54, 1.807) is 22.6 Å². The van der Waals surface area contributed by atoms with Crippen molar-refractivity contribution in [2.24, 2.45) is 0 Å². The fourth-order valence-electron chi connectivity index (χ4n) is 1.19. The van der Waals surface area contributed by atoms with Gasteiger partial charge in [0.1, 0.15) is 6.67 Å². The lowest BCUT2D eigenvalue weighted by molar-refractivity contribution is -0.276. The quantitative estimate of drug-likeness (QED) is 0.646. The van der Waals surface area contributed by atoms with Crippen molar-refractivity contribution in [3.05, 3.63) is 20.9 Å². The van der Waals surface area contributed by atoms with E-state index in [2.05, 4.69) is 9.72 Å². The summed E-state index contributed by atoms with van der Waals surface area (Å²) in [6, 6.07) is 0.908. The summed E-state index contributed by atoms with van der Waals surface area (Å²) in [5.74, 6) is -2.04. The zero-order valence-corrected chi connectivity index (χ0v) is 10.7. The summed E-state index contributed by atoms with van der Waals surface area (Å²) in [5, 5.41) is 8.60. The van der Waals surface area contributed by atoms with E-state index in [0.717, 1.165) is 6.07 Å². The number of halogens is 5. The maximum atomic E-state index is 12.6. The van der Waals surface area contributed by atoms with Crippen molar-refractivity contribution in [3.8, 4) is 5.88 Å². The fourth-order valence-corrected chi connectivity index (χ4v) is 1.95. The largest absolute Gasteiger partial charge is 0.574 e. The average molecular weight is 379 g/mol. The van der Waals surface area contributed by atoms with Crippen LogP contribution in [-0.4, -0.2) is 22.4 Å². The number of aliphatic carboxylic acids is 1. The normalized spacial score (nSPS) is 11.4. The molecule has 0 spiro atoms. The summed E-state index contributed by atoms with van der Waals surface area (Å²) in [5.41, 5.74) is -0.330. The molecule has 1 rings (SSSR count). The molecule has 0 saturated carbocycles. The molecule has 0 amide bonds. The molecule has 0 unspecified atom stereocenters. The number of aromatic nitrogens is 1. The van der Waals surface area contributed by atoms with Crippen LogP contribution in [0.4, 0.5) is 17.6 Å². The van der Waals surface area contributed by atoms with Crippen molar-refractivity contribution in [1.82, 2.24) is 4.98 Å². The number of carbonyl (C=O) groups is 1. The topological polar surface area (TPSA) is 59.4 Å². The summed E-state index contributed by atoms with van der Waals surface area (Å²) in [6.07, 6.45) is -5.45. The number of carboxylic acids is 1. The second-order valence-corrected chi connectivity index (χ2v) is 4.28. The minimum atomic E-state index is -4.93. The number of ether oxygens (including phenoxy) is 1. The maximum Gasteiger partial charge on any atom is 0.574 e. The first-order valence-electron chi connectivity index (χ1n) is 4.44. The van der Waals surface area contributed by atoms with Gasteiger partial charge in [0.2, 0.25) is 5.88 Å². The van der Waals surface area contributed by atoms with E-state index >= 15 is 0 Å². The Kier molecular flexibility index (Phi) is 4.71. The highest BCUT2D eigenvalue weighted by atomic mass is 127. The molecule has 0 bridgehead atoms. The minimum Gasteiger partial charge on any atom is -0.481 e. The highest BCUT2D eigenvalue weighted by molar-refractivity contribution is 14.1. The summed E-state index contributed by atoms with van der Waals surface area (Å²) in [6.45, 7) is -1.17. The van der Waals surface area contributed by atoms with Crippen LogP contribution < -0.4 is 4.74 Å². The molecule has 0 aliphatic rings. The molecule has 1 N–H and O–H groups in total.